The summed E-state index contributed by atoms with van der Waals surface area (Å²) in [4.78, 5) is 18.8. The molecule has 2 amide bonds. The molecule has 0 radical (unpaired) electrons. The van der Waals surface area contributed by atoms with Crippen molar-refractivity contribution in [2.24, 2.45) is 5.92 Å². The van der Waals surface area contributed by atoms with Gasteiger partial charge in [-0.15, -0.1) is 0 Å². The van der Waals surface area contributed by atoms with Crippen molar-refractivity contribution < 1.29 is 17.9 Å². The highest BCUT2D eigenvalue weighted by atomic mass is 32.2. The van der Waals surface area contributed by atoms with Crippen LogP contribution in [0.1, 0.15) is 51.4 Å². The fraction of sp³-hybridized carbons (Fsp3) is 0.583. The van der Waals surface area contributed by atoms with Crippen molar-refractivity contribution in [2.75, 3.05) is 20.3 Å². The molecule has 1 heterocycles. The van der Waals surface area contributed by atoms with Crippen molar-refractivity contribution >= 4 is 15.9 Å². The SMILES string of the molecule is COCCN(Cc1cnc(S(=O)(=O)Cc2cccc(C)c2)n1CC(C)C)C(=O)NC(C)(C)C. The van der Waals surface area contributed by atoms with Crippen LogP contribution in [0.4, 0.5) is 4.79 Å². The van der Waals surface area contributed by atoms with E-state index in [4.69, 9.17) is 4.74 Å². The third-order valence-corrected chi connectivity index (χ3v) is 6.45. The second kappa shape index (κ2) is 11.2. The van der Waals surface area contributed by atoms with Crippen LogP contribution in [-0.4, -0.2) is 54.7 Å². The Kier molecular flexibility index (Phi) is 9.08. The molecule has 0 fully saturated rings. The van der Waals surface area contributed by atoms with Gasteiger partial charge in [0.05, 0.1) is 30.8 Å². The molecule has 2 rings (SSSR count). The van der Waals surface area contributed by atoms with Crippen LogP contribution in [0, 0.1) is 12.8 Å². The van der Waals surface area contributed by atoms with Crippen molar-refractivity contribution in [1.29, 1.82) is 0 Å². The van der Waals surface area contributed by atoms with Gasteiger partial charge in [0.25, 0.3) is 0 Å². The van der Waals surface area contributed by atoms with E-state index in [9.17, 15) is 13.2 Å². The Morgan fingerprint density at radius 1 is 1.27 bits per heavy atom. The van der Waals surface area contributed by atoms with Crippen LogP contribution >= 0.6 is 0 Å². The normalized spacial score (nSPS) is 12.2. The number of ether oxygens (including phenoxy) is 1. The van der Waals surface area contributed by atoms with Gasteiger partial charge in [0.1, 0.15) is 0 Å². The van der Waals surface area contributed by atoms with Crippen LogP contribution in [0.2, 0.25) is 0 Å². The van der Waals surface area contributed by atoms with Gasteiger partial charge in [-0.2, -0.15) is 0 Å². The first-order chi connectivity index (χ1) is 15.3. The van der Waals surface area contributed by atoms with E-state index in [-0.39, 0.29) is 29.4 Å². The number of hydrogen-bond donors (Lipinski definition) is 1. The molecular formula is C24H38N4O4S. The van der Waals surface area contributed by atoms with E-state index in [2.05, 4.69) is 10.3 Å². The zero-order chi connectivity index (χ0) is 24.8. The minimum absolute atomic E-state index is 0.0376. The van der Waals surface area contributed by atoms with E-state index >= 15 is 0 Å². The molecule has 9 heteroatoms. The van der Waals surface area contributed by atoms with Crippen LogP contribution in [0.3, 0.4) is 0 Å². The number of methoxy groups -OCH3 is 1. The lowest BCUT2D eigenvalue weighted by Gasteiger charge is -2.28. The van der Waals surface area contributed by atoms with Crippen LogP contribution in [-0.2, 0) is 33.4 Å². The van der Waals surface area contributed by atoms with Crippen molar-refractivity contribution in [3.8, 4) is 0 Å². The molecule has 2 aromatic rings. The number of imidazole rings is 1. The Balaban J connectivity index is 2.39. The Hall–Kier alpha value is -2.39. The molecule has 0 aliphatic rings. The third kappa shape index (κ3) is 8.16. The van der Waals surface area contributed by atoms with Crippen LogP contribution in [0.15, 0.2) is 35.6 Å². The van der Waals surface area contributed by atoms with Gasteiger partial charge in [-0.3, -0.25) is 0 Å². The first-order valence-corrected chi connectivity index (χ1v) is 12.9. The molecule has 0 unspecified atom stereocenters. The van der Waals surface area contributed by atoms with Gasteiger partial charge in [0, 0.05) is 25.7 Å². The van der Waals surface area contributed by atoms with Crippen molar-refractivity contribution in [3.63, 3.8) is 0 Å². The van der Waals surface area contributed by atoms with E-state index in [1.807, 2.05) is 65.8 Å². The first kappa shape index (κ1) is 26.9. The predicted octanol–water partition coefficient (Wildman–Crippen LogP) is 3.78. The number of benzene rings is 1. The van der Waals surface area contributed by atoms with E-state index < -0.39 is 15.4 Å². The molecule has 0 bridgehead atoms. The van der Waals surface area contributed by atoms with Gasteiger partial charge in [0.2, 0.25) is 15.0 Å². The van der Waals surface area contributed by atoms with Crippen molar-refractivity contribution in [1.82, 2.24) is 19.8 Å². The lowest BCUT2D eigenvalue weighted by molar-refractivity contribution is 0.141. The number of aromatic nitrogens is 2. The maximum atomic E-state index is 13.3. The predicted molar refractivity (Wildman–Crippen MR) is 130 cm³/mol. The summed E-state index contributed by atoms with van der Waals surface area (Å²) in [5.74, 6) is 0.0721. The topological polar surface area (TPSA) is 93.5 Å². The number of carbonyl (C=O) groups excluding carboxylic acids is 1. The number of nitrogens with one attached hydrogen (secondary N) is 1. The van der Waals surface area contributed by atoms with E-state index in [0.29, 0.717) is 25.4 Å². The number of carbonyl (C=O) groups is 1. The van der Waals surface area contributed by atoms with E-state index in [1.165, 1.54) is 0 Å². The average Bonchev–Trinajstić information content (AvgIpc) is 3.05. The number of rotatable bonds is 10. The Morgan fingerprint density at radius 3 is 2.55 bits per heavy atom. The van der Waals surface area contributed by atoms with Gasteiger partial charge in [-0.25, -0.2) is 18.2 Å². The smallest absolute Gasteiger partial charge is 0.318 e. The zero-order valence-corrected chi connectivity index (χ0v) is 21.7. The quantitative estimate of drug-likeness (QED) is 0.561. The van der Waals surface area contributed by atoms with Crippen molar-refractivity contribution in [2.45, 2.75) is 71.1 Å². The van der Waals surface area contributed by atoms with Gasteiger partial charge < -0.3 is 19.5 Å². The van der Waals surface area contributed by atoms with Gasteiger partial charge >= 0.3 is 6.03 Å². The summed E-state index contributed by atoms with van der Waals surface area (Å²) in [6, 6.07) is 7.24. The summed E-state index contributed by atoms with van der Waals surface area (Å²) in [7, 11) is -2.10. The molecule has 1 aromatic carbocycles. The van der Waals surface area contributed by atoms with Crippen LogP contribution < -0.4 is 5.32 Å². The molecule has 8 nitrogen and oxygen atoms in total. The number of nitrogens with zero attached hydrogens (tertiary/aromatic N) is 3. The Labute approximate surface area is 198 Å². The zero-order valence-electron chi connectivity index (χ0n) is 20.9. The summed E-state index contributed by atoms with van der Waals surface area (Å²) in [5, 5.41) is 3.00. The Bertz CT molecular complexity index is 1040. The molecule has 0 saturated heterocycles. The monoisotopic (exact) mass is 478 g/mol. The average molecular weight is 479 g/mol. The van der Waals surface area contributed by atoms with Crippen molar-refractivity contribution in [3.05, 3.63) is 47.3 Å². The minimum Gasteiger partial charge on any atom is -0.383 e. The lowest BCUT2D eigenvalue weighted by Crippen LogP contribution is -2.49. The van der Waals surface area contributed by atoms with E-state index in [1.54, 1.807) is 22.8 Å². The number of urea groups is 1. The first-order valence-electron chi connectivity index (χ1n) is 11.2. The molecule has 0 atom stereocenters. The number of hydrogen-bond acceptors (Lipinski definition) is 5. The second-order valence-electron chi connectivity index (χ2n) is 9.88. The largest absolute Gasteiger partial charge is 0.383 e. The number of amides is 2. The van der Waals surface area contributed by atoms with Crippen LogP contribution in [0.5, 0.6) is 0 Å². The third-order valence-electron chi connectivity index (χ3n) is 4.85. The summed E-state index contributed by atoms with van der Waals surface area (Å²) < 4.78 is 33.5. The van der Waals surface area contributed by atoms with Crippen LogP contribution in [0.25, 0.3) is 0 Å². The van der Waals surface area contributed by atoms with Gasteiger partial charge in [-0.1, -0.05) is 43.7 Å². The fourth-order valence-electron chi connectivity index (χ4n) is 3.46. The highest BCUT2D eigenvalue weighted by Gasteiger charge is 2.27. The maximum absolute atomic E-state index is 13.3. The summed E-state index contributed by atoms with van der Waals surface area (Å²) in [6.07, 6.45) is 1.57. The second-order valence-corrected chi connectivity index (χ2v) is 11.8. The standard InChI is InChI=1S/C24H38N4O4S/c1-18(2)15-28-21(16-27(11-12-32-7)22(29)26-24(4,5)6)14-25-23(28)33(30,31)17-20-10-8-9-19(3)13-20/h8-10,13-14,18H,11-12,15-17H2,1-7H3,(H,26,29). The molecule has 0 aliphatic carbocycles. The minimum atomic E-state index is -3.68. The molecule has 184 valence electrons. The lowest BCUT2D eigenvalue weighted by atomic mass is 10.1. The fourth-order valence-corrected chi connectivity index (χ4v) is 4.95. The molecule has 0 saturated carbocycles. The van der Waals surface area contributed by atoms with Gasteiger partial charge in [-0.05, 0) is 39.2 Å². The Morgan fingerprint density at radius 2 is 1.97 bits per heavy atom. The molecule has 0 aliphatic heterocycles. The van der Waals surface area contributed by atoms with E-state index in [0.717, 1.165) is 11.1 Å². The molecular weight excluding hydrogens is 440 g/mol. The highest BCUT2D eigenvalue weighted by molar-refractivity contribution is 7.90. The summed E-state index contributed by atoms with van der Waals surface area (Å²) >= 11 is 0. The highest BCUT2D eigenvalue weighted by Crippen LogP contribution is 2.21. The summed E-state index contributed by atoms with van der Waals surface area (Å²) in [5.41, 5.74) is 2.00. The summed E-state index contributed by atoms with van der Waals surface area (Å²) in [6.45, 7) is 13.2. The molecule has 1 N–H and O–H groups in total. The molecule has 1 aromatic heterocycles. The maximum Gasteiger partial charge on any atom is 0.318 e. The molecule has 0 spiro atoms. The number of sulfone groups is 1. The number of aryl methyl sites for hydroxylation is 1. The van der Waals surface area contributed by atoms with Gasteiger partial charge in [0.15, 0.2) is 0 Å². The molecule has 33 heavy (non-hydrogen) atoms.